The van der Waals surface area contributed by atoms with Gasteiger partial charge in [-0.05, 0) is 42.5 Å². The Morgan fingerprint density at radius 3 is 2.04 bits per heavy atom. The molecule has 0 amide bonds. The Balaban J connectivity index is 2.32. The van der Waals surface area contributed by atoms with Crippen LogP contribution in [0.5, 0.6) is 17.2 Å². The van der Waals surface area contributed by atoms with Gasteiger partial charge in [0.05, 0.1) is 21.3 Å². The number of hydrogen-bond acceptors (Lipinski definition) is 7. The van der Waals surface area contributed by atoms with Crippen LogP contribution in [0.15, 0.2) is 42.5 Å². The Morgan fingerprint density at radius 1 is 0.920 bits per heavy atom. The molecule has 2 unspecified atom stereocenters. The lowest BCUT2D eigenvalue weighted by molar-refractivity contribution is 0.263. The summed E-state index contributed by atoms with van der Waals surface area (Å²) < 4.78 is 21.4. The molecule has 8 heteroatoms. The molecule has 1 N–H and O–H groups in total. The molecule has 0 aromatic heterocycles. The van der Waals surface area contributed by atoms with Gasteiger partial charge in [0.2, 0.25) is 0 Å². The molecule has 0 saturated heterocycles. The summed E-state index contributed by atoms with van der Waals surface area (Å²) >= 11 is 6.94. The van der Waals surface area contributed by atoms with Crippen LogP contribution >= 0.6 is 16.8 Å². The first kappa shape index (κ1) is 20.1. The average Bonchev–Trinajstić information content (AvgIpc) is 2.67. The van der Waals surface area contributed by atoms with Gasteiger partial charge in [-0.25, -0.2) is 0 Å². The summed E-state index contributed by atoms with van der Waals surface area (Å²) in [7, 11) is 6.29. The molecule has 0 spiro atoms. The number of aliphatic hydroxyl groups is 1. The number of aliphatic hydroxyl groups excluding tert-OH is 1. The zero-order valence-electron chi connectivity index (χ0n) is 14.5. The number of ether oxygens (including phenoxy) is 3. The Bertz CT molecular complexity index is 751. The van der Waals surface area contributed by atoms with Gasteiger partial charge in [-0.2, -0.15) is 0 Å². The van der Waals surface area contributed by atoms with Crippen molar-refractivity contribution in [3.63, 3.8) is 0 Å². The smallest absolute Gasteiger partial charge is 0.151 e. The molecule has 25 heavy (non-hydrogen) atoms. The van der Waals surface area contributed by atoms with Crippen molar-refractivity contribution in [2.75, 3.05) is 28.4 Å². The number of hydrogen-bond donors (Lipinski definition) is 1. The van der Waals surface area contributed by atoms with Crippen LogP contribution in [0.4, 0.5) is 0 Å². The second kappa shape index (κ2) is 8.92. The summed E-state index contributed by atoms with van der Waals surface area (Å²) in [5, 5.41) is 11.6. The molecule has 0 aliphatic rings. The molecule has 2 aromatic carbocycles. The van der Waals surface area contributed by atoms with Gasteiger partial charge in [-0.1, -0.05) is 23.2 Å². The summed E-state index contributed by atoms with van der Waals surface area (Å²) in [6.07, 6.45) is 0. The maximum absolute atomic E-state index is 10.8. The highest BCUT2D eigenvalue weighted by Crippen LogP contribution is 2.63. The summed E-state index contributed by atoms with van der Waals surface area (Å²) in [5.41, 5.74) is -2.84. The summed E-state index contributed by atoms with van der Waals surface area (Å²) in [4.78, 5) is 0. The zero-order valence-corrected chi connectivity index (χ0v) is 17.0. The molecular formula is C17H21O5PS2. The molecule has 0 aliphatic carbocycles. The fourth-order valence-corrected chi connectivity index (χ4v) is 6.90. The molecule has 0 bridgehead atoms. The van der Waals surface area contributed by atoms with Gasteiger partial charge in [0.1, 0.15) is 22.7 Å². The summed E-state index contributed by atoms with van der Waals surface area (Å²) in [6.45, 7) is 0. The molecule has 0 heterocycles. The fraction of sp³-hybridized carbons (Fsp3) is 0.294. The minimum absolute atomic E-state index is 0.563. The SMILES string of the molecule is COc1ccc(P(=S)(OC)SC(O)c2cc(OC)ccc2OC)cc1. The van der Waals surface area contributed by atoms with E-state index in [1.807, 2.05) is 24.3 Å². The fourth-order valence-electron chi connectivity index (χ4n) is 2.19. The first-order chi connectivity index (χ1) is 12.0. The maximum atomic E-state index is 10.8. The first-order valence-corrected chi connectivity index (χ1v) is 11.6. The molecule has 0 radical (unpaired) electrons. The largest absolute Gasteiger partial charge is 0.497 e. The molecule has 0 fully saturated rings. The van der Waals surface area contributed by atoms with Crippen LogP contribution in [0.25, 0.3) is 0 Å². The van der Waals surface area contributed by atoms with Gasteiger partial charge in [-0.3, -0.25) is 0 Å². The molecule has 0 aliphatic heterocycles. The molecule has 2 aromatic rings. The van der Waals surface area contributed by atoms with Gasteiger partial charge in [-0.15, -0.1) is 0 Å². The second-order valence-electron chi connectivity index (χ2n) is 4.94. The van der Waals surface area contributed by atoms with Crippen molar-refractivity contribution < 1.29 is 23.8 Å². The monoisotopic (exact) mass is 400 g/mol. The van der Waals surface area contributed by atoms with Crippen LogP contribution in [0, 0.1) is 0 Å². The van der Waals surface area contributed by atoms with Crippen molar-refractivity contribution in [2.45, 2.75) is 5.44 Å². The second-order valence-corrected chi connectivity index (χ2v) is 11.9. The number of rotatable bonds is 8. The lowest BCUT2D eigenvalue weighted by atomic mass is 10.2. The van der Waals surface area contributed by atoms with Crippen molar-refractivity contribution in [3.8, 4) is 17.2 Å². The van der Waals surface area contributed by atoms with E-state index >= 15 is 0 Å². The Labute approximate surface area is 157 Å². The Hall–Kier alpha value is -1.24. The van der Waals surface area contributed by atoms with E-state index in [0.29, 0.717) is 17.1 Å². The van der Waals surface area contributed by atoms with Crippen LogP contribution < -0.4 is 19.5 Å². The highest BCUT2D eigenvalue weighted by Gasteiger charge is 2.27. The molecule has 2 atom stereocenters. The van der Waals surface area contributed by atoms with Crippen LogP contribution in [0.3, 0.4) is 0 Å². The van der Waals surface area contributed by atoms with Crippen LogP contribution in [-0.2, 0) is 16.3 Å². The number of benzene rings is 2. The third-order valence-corrected chi connectivity index (χ3v) is 10.1. The Morgan fingerprint density at radius 2 is 1.52 bits per heavy atom. The molecule has 0 saturated carbocycles. The Kier molecular flexibility index (Phi) is 7.16. The van der Waals surface area contributed by atoms with Crippen LogP contribution in [-0.4, -0.2) is 33.5 Å². The topological polar surface area (TPSA) is 57.2 Å². The van der Waals surface area contributed by atoms with E-state index in [-0.39, 0.29) is 0 Å². The van der Waals surface area contributed by atoms with E-state index in [9.17, 15) is 5.11 Å². The lowest BCUT2D eigenvalue weighted by Crippen LogP contribution is -2.06. The van der Waals surface area contributed by atoms with Gasteiger partial charge in [0.15, 0.2) is 5.47 Å². The van der Waals surface area contributed by atoms with Crippen molar-refractivity contribution in [1.29, 1.82) is 0 Å². The standard InChI is InChI=1S/C17H21O5PS2/c1-19-12-5-8-14(9-6-12)23(24,22-4)25-17(18)15-11-13(20-2)7-10-16(15)21-3/h5-11,17-18H,1-4H3. The van der Waals surface area contributed by atoms with E-state index in [0.717, 1.165) is 11.1 Å². The zero-order chi connectivity index (χ0) is 18.4. The van der Waals surface area contributed by atoms with Crippen molar-refractivity contribution in [2.24, 2.45) is 0 Å². The van der Waals surface area contributed by atoms with Crippen molar-refractivity contribution in [1.82, 2.24) is 0 Å². The molecule has 2 rings (SSSR count). The van der Waals surface area contributed by atoms with Crippen LogP contribution in [0.1, 0.15) is 11.0 Å². The minimum Gasteiger partial charge on any atom is -0.497 e. The highest BCUT2D eigenvalue weighted by atomic mass is 32.9. The van der Waals surface area contributed by atoms with E-state index in [1.165, 1.54) is 11.4 Å². The molecular weight excluding hydrogens is 379 g/mol. The van der Waals surface area contributed by atoms with Crippen molar-refractivity contribution in [3.05, 3.63) is 48.0 Å². The third kappa shape index (κ3) is 4.68. The predicted octanol–water partition coefficient (Wildman–Crippen LogP) is 3.72. The van der Waals surface area contributed by atoms with Gasteiger partial charge < -0.3 is 23.8 Å². The lowest BCUT2D eigenvalue weighted by Gasteiger charge is -2.24. The number of methoxy groups -OCH3 is 3. The molecule has 5 nitrogen and oxygen atoms in total. The quantitative estimate of drug-likeness (QED) is 0.535. The van der Waals surface area contributed by atoms with Gasteiger partial charge in [0, 0.05) is 18.0 Å². The highest BCUT2D eigenvalue weighted by molar-refractivity contribution is 8.71. The normalized spacial score (nSPS) is 14.4. The summed E-state index contributed by atoms with van der Waals surface area (Å²) in [5.74, 6) is 1.93. The van der Waals surface area contributed by atoms with E-state index < -0.39 is 10.9 Å². The van der Waals surface area contributed by atoms with E-state index in [1.54, 1.807) is 46.6 Å². The summed E-state index contributed by atoms with van der Waals surface area (Å²) in [6, 6.07) is 12.7. The molecule has 136 valence electrons. The van der Waals surface area contributed by atoms with E-state index in [4.69, 9.17) is 30.5 Å². The third-order valence-electron chi connectivity index (χ3n) is 3.57. The van der Waals surface area contributed by atoms with Gasteiger partial charge >= 0.3 is 0 Å². The first-order valence-electron chi connectivity index (χ1n) is 7.36. The predicted molar refractivity (Wildman–Crippen MR) is 106 cm³/mol. The van der Waals surface area contributed by atoms with E-state index in [2.05, 4.69) is 0 Å². The average molecular weight is 400 g/mol. The minimum atomic E-state index is -2.51. The van der Waals surface area contributed by atoms with Crippen LogP contribution in [0.2, 0.25) is 0 Å². The van der Waals surface area contributed by atoms with Gasteiger partial charge in [0.25, 0.3) is 0 Å². The maximum Gasteiger partial charge on any atom is 0.151 e. The van der Waals surface area contributed by atoms with Crippen molar-refractivity contribution >= 4 is 34.0 Å².